The summed E-state index contributed by atoms with van der Waals surface area (Å²) in [5.41, 5.74) is 1.44. The van der Waals surface area contributed by atoms with Crippen LogP contribution in [0.4, 0.5) is 0 Å². The van der Waals surface area contributed by atoms with E-state index in [1.54, 1.807) is 0 Å². The van der Waals surface area contributed by atoms with Crippen LogP contribution in [0.1, 0.15) is 43.6 Å². The van der Waals surface area contributed by atoms with Crippen molar-refractivity contribution >= 4 is 0 Å². The third kappa shape index (κ3) is 3.95. The number of hydrogen-bond donors (Lipinski definition) is 0. The molecule has 1 aromatic heterocycles. The highest BCUT2D eigenvalue weighted by Gasteiger charge is 2.42. The Bertz CT molecular complexity index is 518. The summed E-state index contributed by atoms with van der Waals surface area (Å²) in [6.45, 7) is 7.76. The first-order valence-electron chi connectivity index (χ1n) is 9.05. The number of aromatic nitrogens is 1. The standard InChI is InChI=1S/C18H28N2O3/c1-14-8-16(19-23-14)10-20-6-4-18(5-7-20)9-17(22-13-18)12-21-11-15-2-3-15/h8,15,17H,2-7,9-13H2,1H3/t17-/m0/s1. The molecule has 1 atom stereocenters. The van der Waals surface area contributed by atoms with E-state index in [0.29, 0.717) is 11.5 Å². The van der Waals surface area contributed by atoms with E-state index < -0.39 is 0 Å². The molecule has 5 heteroatoms. The lowest BCUT2D eigenvalue weighted by Gasteiger charge is -2.38. The Balaban J connectivity index is 1.21. The van der Waals surface area contributed by atoms with Gasteiger partial charge >= 0.3 is 0 Å². The van der Waals surface area contributed by atoms with E-state index in [9.17, 15) is 0 Å². The molecule has 1 spiro atoms. The largest absolute Gasteiger partial charge is 0.378 e. The molecule has 0 amide bonds. The molecule has 0 aromatic carbocycles. The van der Waals surface area contributed by atoms with E-state index in [0.717, 1.165) is 56.8 Å². The first kappa shape index (κ1) is 15.6. The lowest BCUT2D eigenvalue weighted by Crippen LogP contribution is -2.40. The van der Waals surface area contributed by atoms with Crippen LogP contribution in [-0.4, -0.2) is 49.1 Å². The normalized spacial score (nSPS) is 27.8. The van der Waals surface area contributed by atoms with Crippen LogP contribution in [0.25, 0.3) is 0 Å². The minimum absolute atomic E-state index is 0.318. The zero-order valence-electron chi connectivity index (χ0n) is 14.1. The van der Waals surface area contributed by atoms with E-state index in [2.05, 4.69) is 10.1 Å². The van der Waals surface area contributed by atoms with E-state index in [4.69, 9.17) is 14.0 Å². The molecule has 4 rings (SSSR count). The molecule has 0 radical (unpaired) electrons. The Morgan fingerprint density at radius 3 is 2.83 bits per heavy atom. The summed E-state index contributed by atoms with van der Waals surface area (Å²) in [4.78, 5) is 2.49. The van der Waals surface area contributed by atoms with Crippen LogP contribution in [0.15, 0.2) is 10.6 Å². The summed E-state index contributed by atoms with van der Waals surface area (Å²) in [7, 11) is 0. The topological polar surface area (TPSA) is 47.7 Å². The van der Waals surface area contributed by atoms with Gasteiger partial charge < -0.3 is 14.0 Å². The lowest BCUT2D eigenvalue weighted by molar-refractivity contribution is 0.00913. The fraction of sp³-hybridized carbons (Fsp3) is 0.833. The fourth-order valence-corrected chi connectivity index (χ4v) is 3.91. The van der Waals surface area contributed by atoms with Gasteiger partial charge in [-0.2, -0.15) is 0 Å². The van der Waals surface area contributed by atoms with Crippen LogP contribution >= 0.6 is 0 Å². The van der Waals surface area contributed by atoms with Crippen molar-refractivity contribution in [3.8, 4) is 0 Å². The van der Waals surface area contributed by atoms with Gasteiger partial charge in [0.1, 0.15) is 5.76 Å². The van der Waals surface area contributed by atoms with Crippen molar-refractivity contribution in [3.05, 3.63) is 17.5 Å². The van der Waals surface area contributed by atoms with Crippen LogP contribution < -0.4 is 0 Å². The van der Waals surface area contributed by atoms with Crippen molar-refractivity contribution in [2.45, 2.75) is 51.7 Å². The number of likely N-dealkylation sites (tertiary alicyclic amines) is 1. The Labute approximate surface area is 138 Å². The van der Waals surface area contributed by atoms with Crippen molar-refractivity contribution in [1.82, 2.24) is 10.1 Å². The maximum Gasteiger partial charge on any atom is 0.133 e. The molecule has 1 aliphatic carbocycles. The first-order valence-corrected chi connectivity index (χ1v) is 9.05. The monoisotopic (exact) mass is 320 g/mol. The molecule has 0 unspecified atom stereocenters. The smallest absolute Gasteiger partial charge is 0.133 e. The predicted octanol–water partition coefficient (Wildman–Crippen LogP) is 2.78. The van der Waals surface area contributed by atoms with Crippen molar-refractivity contribution in [2.75, 3.05) is 32.9 Å². The molecule has 3 aliphatic rings. The van der Waals surface area contributed by atoms with Gasteiger partial charge in [-0.3, -0.25) is 4.90 Å². The van der Waals surface area contributed by atoms with Crippen molar-refractivity contribution in [3.63, 3.8) is 0 Å². The van der Waals surface area contributed by atoms with E-state index in [-0.39, 0.29) is 0 Å². The highest BCUT2D eigenvalue weighted by atomic mass is 16.5. The second-order valence-electron chi connectivity index (χ2n) is 7.82. The molecule has 5 nitrogen and oxygen atoms in total. The zero-order chi connectivity index (χ0) is 15.7. The number of hydrogen-bond acceptors (Lipinski definition) is 5. The lowest BCUT2D eigenvalue weighted by atomic mass is 9.76. The molecule has 23 heavy (non-hydrogen) atoms. The van der Waals surface area contributed by atoms with E-state index >= 15 is 0 Å². The molecule has 1 aromatic rings. The third-order valence-electron chi connectivity index (χ3n) is 5.62. The van der Waals surface area contributed by atoms with Crippen LogP contribution in [0.3, 0.4) is 0 Å². The van der Waals surface area contributed by atoms with Gasteiger partial charge in [0.15, 0.2) is 0 Å². The summed E-state index contributed by atoms with van der Waals surface area (Å²) < 4.78 is 17.0. The SMILES string of the molecule is Cc1cc(CN2CCC3(CC2)CO[C@H](COCC2CC2)C3)no1. The van der Waals surface area contributed by atoms with Gasteiger partial charge in [-0.1, -0.05) is 5.16 Å². The number of nitrogens with zero attached hydrogens (tertiary/aromatic N) is 2. The van der Waals surface area contributed by atoms with Crippen molar-refractivity contribution in [1.29, 1.82) is 0 Å². The van der Waals surface area contributed by atoms with Crippen LogP contribution in [0.2, 0.25) is 0 Å². The molecule has 2 saturated heterocycles. The highest BCUT2D eigenvalue weighted by molar-refractivity contribution is 5.04. The van der Waals surface area contributed by atoms with Crippen molar-refractivity contribution in [2.24, 2.45) is 11.3 Å². The number of ether oxygens (including phenoxy) is 2. The average molecular weight is 320 g/mol. The third-order valence-corrected chi connectivity index (χ3v) is 5.62. The predicted molar refractivity (Wildman–Crippen MR) is 86.1 cm³/mol. The molecule has 3 heterocycles. The fourth-order valence-electron chi connectivity index (χ4n) is 3.91. The summed E-state index contributed by atoms with van der Waals surface area (Å²) in [6, 6.07) is 2.04. The second-order valence-corrected chi connectivity index (χ2v) is 7.82. The van der Waals surface area contributed by atoms with Crippen LogP contribution in [-0.2, 0) is 16.0 Å². The second kappa shape index (κ2) is 6.54. The Kier molecular flexibility index (Phi) is 4.43. The number of piperidine rings is 1. The van der Waals surface area contributed by atoms with Crippen LogP contribution in [0, 0.1) is 18.3 Å². The van der Waals surface area contributed by atoms with E-state index in [1.807, 2.05) is 13.0 Å². The summed E-state index contributed by atoms with van der Waals surface area (Å²) >= 11 is 0. The number of aryl methyl sites for hydroxylation is 1. The summed E-state index contributed by atoms with van der Waals surface area (Å²) in [5.74, 6) is 1.74. The quantitative estimate of drug-likeness (QED) is 0.806. The van der Waals surface area contributed by atoms with Gasteiger partial charge in [0.2, 0.25) is 0 Å². The molecular formula is C18H28N2O3. The number of rotatable bonds is 6. The Hall–Kier alpha value is -0.910. The van der Waals surface area contributed by atoms with Gasteiger partial charge in [-0.15, -0.1) is 0 Å². The molecule has 3 fully saturated rings. The molecule has 0 bridgehead atoms. The molecule has 128 valence electrons. The van der Waals surface area contributed by atoms with Gasteiger partial charge in [-0.25, -0.2) is 0 Å². The Morgan fingerprint density at radius 2 is 2.13 bits per heavy atom. The summed E-state index contributed by atoms with van der Waals surface area (Å²) in [6.07, 6.45) is 6.66. The first-order chi connectivity index (χ1) is 11.2. The van der Waals surface area contributed by atoms with Gasteiger partial charge in [0.25, 0.3) is 0 Å². The van der Waals surface area contributed by atoms with E-state index in [1.165, 1.54) is 32.1 Å². The highest BCUT2D eigenvalue weighted by Crippen LogP contribution is 2.42. The summed E-state index contributed by atoms with van der Waals surface area (Å²) in [5, 5.41) is 4.11. The Morgan fingerprint density at radius 1 is 1.30 bits per heavy atom. The van der Waals surface area contributed by atoms with Gasteiger partial charge in [-0.05, 0) is 63.5 Å². The molecule has 0 N–H and O–H groups in total. The molecule has 2 aliphatic heterocycles. The van der Waals surface area contributed by atoms with Gasteiger partial charge in [0, 0.05) is 19.2 Å². The van der Waals surface area contributed by atoms with Crippen molar-refractivity contribution < 1.29 is 14.0 Å². The average Bonchev–Trinajstić information content (AvgIpc) is 3.16. The zero-order valence-corrected chi connectivity index (χ0v) is 14.1. The minimum atomic E-state index is 0.318. The van der Waals surface area contributed by atoms with Crippen LogP contribution in [0.5, 0.6) is 0 Å². The maximum atomic E-state index is 6.03. The molecular weight excluding hydrogens is 292 g/mol. The maximum absolute atomic E-state index is 6.03. The molecule has 1 saturated carbocycles. The minimum Gasteiger partial charge on any atom is -0.378 e. The van der Waals surface area contributed by atoms with Gasteiger partial charge in [0.05, 0.1) is 25.0 Å².